The molecule has 4 rings (SSSR count). The SMILES string of the molecule is CS(=O)(=O)OCc1cnc(OC(=O)N2CCC3(CCc4ccccc4O3)CC2)cn1. The molecule has 1 amide bonds. The van der Waals surface area contributed by atoms with E-state index in [1.54, 1.807) is 4.90 Å². The number of rotatable bonds is 4. The van der Waals surface area contributed by atoms with Gasteiger partial charge in [-0.25, -0.2) is 9.78 Å². The number of para-hydroxylation sites is 1. The summed E-state index contributed by atoms with van der Waals surface area (Å²) in [6.07, 6.45) is 6.44. The normalized spacial score (nSPS) is 17.8. The van der Waals surface area contributed by atoms with E-state index >= 15 is 0 Å². The molecule has 9 nitrogen and oxygen atoms in total. The molecule has 0 N–H and O–H groups in total. The lowest BCUT2D eigenvalue weighted by Gasteiger charge is -2.44. The van der Waals surface area contributed by atoms with E-state index in [1.807, 2.05) is 18.2 Å². The van der Waals surface area contributed by atoms with E-state index in [9.17, 15) is 13.2 Å². The first-order valence-electron chi connectivity index (χ1n) is 9.71. The summed E-state index contributed by atoms with van der Waals surface area (Å²) >= 11 is 0. The lowest BCUT2D eigenvalue weighted by atomic mass is 9.83. The van der Waals surface area contributed by atoms with Gasteiger partial charge in [-0.3, -0.25) is 9.17 Å². The third-order valence-corrected chi connectivity index (χ3v) is 5.92. The standard InChI is InChI=1S/C20H23N3O6S/c1-30(25,26)27-14-16-12-22-18(13-21-16)28-19(24)23-10-8-20(9-11-23)7-6-15-4-2-3-5-17(15)29-20/h2-5,12-13H,6-11,14H2,1H3. The molecule has 1 saturated heterocycles. The molecule has 2 aromatic rings. The highest BCUT2D eigenvalue weighted by atomic mass is 32.2. The predicted octanol–water partition coefficient (Wildman–Crippen LogP) is 2.31. The summed E-state index contributed by atoms with van der Waals surface area (Å²) in [5.74, 6) is 0.987. The number of benzene rings is 1. The lowest BCUT2D eigenvalue weighted by molar-refractivity contribution is -0.00963. The third kappa shape index (κ3) is 4.88. The summed E-state index contributed by atoms with van der Waals surface area (Å²) in [5.41, 5.74) is 1.32. The number of fused-ring (bicyclic) bond motifs is 1. The van der Waals surface area contributed by atoms with Crippen LogP contribution >= 0.6 is 0 Å². The zero-order valence-corrected chi connectivity index (χ0v) is 17.4. The van der Waals surface area contributed by atoms with E-state index in [4.69, 9.17) is 9.47 Å². The quantitative estimate of drug-likeness (QED) is 0.676. The van der Waals surface area contributed by atoms with E-state index < -0.39 is 16.2 Å². The van der Waals surface area contributed by atoms with Crippen LogP contribution in [-0.4, -0.2) is 54.3 Å². The van der Waals surface area contributed by atoms with Crippen LogP contribution < -0.4 is 9.47 Å². The molecule has 0 bridgehead atoms. The number of carbonyl (C=O) groups is 1. The van der Waals surface area contributed by atoms with Crippen molar-refractivity contribution in [1.29, 1.82) is 0 Å². The summed E-state index contributed by atoms with van der Waals surface area (Å²) < 4.78 is 38.3. The van der Waals surface area contributed by atoms with Crippen LogP contribution in [0.2, 0.25) is 0 Å². The Hall–Kier alpha value is -2.72. The maximum Gasteiger partial charge on any atom is 0.416 e. The molecule has 3 heterocycles. The van der Waals surface area contributed by atoms with Crippen LogP contribution in [-0.2, 0) is 27.3 Å². The van der Waals surface area contributed by atoms with Crippen LogP contribution in [0.15, 0.2) is 36.7 Å². The minimum Gasteiger partial charge on any atom is -0.487 e. The zero-order chi connectivity index (χ0) is 21.2. The summed E-state index contributed by atoms with van der Waals surface area (Å²) in [7, 11) is -3.56. The molecule has 0 atom stereocenters. The number of aromatic nitrogens is 2. The monoisotopic (exact) mass is 433 g/mol. The number of amides is 1. The van der Waals surface area contributed by atoms with Gasteiger partial charge in [0.05, 0.1) is 24.3 Å². The lowest BCUT2D eigenvalue weighted by Crippen LogP contribution is -2.51. The van der Waals surface area contributed by atoms with E-state index in [2.05, 4.69) is 20.2 Å². The average molecular weight is 433 g/mol. The molecule has 2 aliphatic rings. The topological polar surface area (TPSA) is 108 Å². The molecular formula is C20H23N3O6S. The number of hydrogen-bond donors (Lipinski definition) is 0. The number of carbonyl (C=O) groups excluding carboxylic acids is 1. The first-order chi connectivity index (χ1) is 14.3. The van der Waals surface area contributed by atoms with E-state index in [0.717, 1.165) is 37.7 Å². The maximum absolute atomic E-state index is 12.5. The largest absolute Gasteiger partial charge is 0.487 e. The van der Waals surface area contributed by atoms with Crippen LogP contribution in [0.25, 0.3) is 0 Å². The van der Waals surface area contributed by atoms with Gasteiger partial charge in [0.1, 0.15) is 18.0 Å². The third-order valence-electron chi connectivity index (χ3n) is 5.38. The molecular weight excluding hydrogens is 410 g/mol. The number of ether oxygens (including phenoxy) is 2. The predicted molar refractivity (Wildman–Crippen MR) is 107 cm³/mol. The fourth-order valence-electron chi connectivity index (χ4n) is 3.70. The highest BCUT2D eigenvalue weighted by Crippen LogP contribution is 2.39. The molecule has 1 fully saturated rings. The van der Waals surface area contributed by atoms with Gasteiger partial charge in [-0.1, -0.05) is 18.2 Å². The van der Waals surface area contributed by atoms with Gasteiger partial charge in [0.25, 0.3) is 10.1 Å². The van der Waals surface area contributed by atoms with Gasteiger partial charge in [0.15, 0.2) is 0 Å². The number of hydrogen-bond acceptors (Lipinski definition) is 8. The second-order valence-corrected chi connectivity index (χ2v) is 9.20. The highest BCUT2D eigenvalue weighted by molar-refractivity contribution is 7.85. The first kappa shape index (κ1) is 20.5. The van der Waals surface area contributed by atoms with Gasteiger partial charge >= 0.3 is 6.09 Å². The Bertz CT molecular complexity index is 1020. The molecule has 2 aliphatic heterocycles. The van der Waals surface area contributed by atoms with Gasteiger partial charge in [-0.15, -0.1) is 0 Å². The maximum atomic E-state index is 12.5. The molecule has 0 saturated carbocycles. The Morgan fingerprint density at radius 3 is 2.63 bits per heavy atom. The number of piperidine rings is 1. The molecule has 0 radical (unpaired) electrons. The second-order valence-electron chi connectivity index (χ2n) is 7.56. The van der Waals surface area contributed by atoms with Crippen LogP contribution in [0.5, 0.6) is 11.6 Å². The Labute approximate surface area is 175 Å². The fraction of sp³-hybridized carbons (Fsp3) is 0.450. The second kappa shape index (κ2) is 8.19. The van der Waals surface area contributed by atoms with Gasteiger partial charge < -0.3 is 14.4 Å². The van der Waals surface area contributed by atoms with Crippen molar-refractivity contribution < 1.29 is 26.9 Å². The van der Waals surface area contributed by atoms with Gasteiger partial charge in [0.2, 0.25) is 5.88 Å². The van der Waals surface area contributed by atoms with Crippen molar-refractivity contribution in [1.82, 2.24) is 14.9 Å². The number of nitrogens with zero attached hydrogens (tertiary/aromatic N) is 3. The summed E-state index contributed by atoms with van der Waals surface area (Å²) in [5, 5.41) is 0. The van der Waals surface area contributed by atoms with Gasteiger partial charge in [0, 0.05) is 25.9 Å². The Morgan fingerprint density at radius 2 is 1.93 bits per heavy atom. The molecule has 0 aliphatic carbocycles. The van der Waals surface area contributed by atoms with E-state index in [-0.39, 0.29) is 18.1 Å². The van der Waals surface area contributed by atoms with Crippen LogP contribution in [0.1, 0.15) is 30.5 Å². The summed E-state index contributed by atoms with van der Waals surface area (Å²) in [6.45, 7) is 0.848. The molecule has 1 aromatic heterocycles. The van der Waals surface area contributed by atoms with Crippen molar-refractivity contribution in [3.8, 4) is 11.6 Å². The minimum absolute atomic E-state index is 0.0474. The van der Waals surface area contributed by atoms with Crippen LogP contribution in [0, 0.1) is 0 Å². The summed E-state index contributed by atoms with van der Waals surface area (Å²) in [6, 6.07) is 8.09. The van der Waals surface area contributed by atoms with E-state index in [0.29, 0.717) is 18.8 Å². The smallest absolute Gasteiger partial charge is 0.416 e. The number of aryl methyl sites for hydroxylation is 1. The molecule has 1 aromatic carbocycles. The number of likely N-dealkylation sites (tertiary alicyclic amines) is 1. The van der Waals surface area contributed by atoms with Gasteiger partial charge in [-0.2, -0.15) is 8.42 Å². The van der Waals surface area contributed by atoms with E-state index in [1.165, 1.54) is 18.0 Å². The molecule has 1 spiro atoms. The van der Waals surface area contributed by atoms with Crippen LogP contribution in [0.3, 0.4) is 0 Å². The Kier molecular flexibility index (Phi) is 5.61. The molecule has 10 heteroatoms. The van der Waals surface area contributed by atoms with Crippen molar-refractivity contribution in [2.24, 2.45) is 0 Å². The molecule has 160 valence electrons. The Morgan fingerprint density at radius 1 is 1.17 bits per heavy atom. The molecule has 0 unspecified atom stereocenters. The van der Waals surface area contributed by atoms with Crippen LogP contribution in [0.4, 0.5) is 4.79 Å². The van der Waals surface area contributed by atoms with Gasteiger partial charge in [-0.05, 0) is 24.5 Å². The van der Waals surface area contributed by atoms with Crippen molar-refractivity contribution in [2.75, 3.05) is 19.3 Å². The Balaban J connectivity index is 1.30. The minimum atomic E-state index is -3.56. The average Bonchev–Trinajstić information content (AvgIpc) is 2.73. The molecule has 30 heavy (non-hydrogen) atoms. The van der Waals surface area contributed by atoms with Crippen molar-refractivity contribution >= 4 is 16.2 Å². The highest BCUT2D eigenvalue weighted by Gasteiger charge is 2.40. The van der Waals surface area contributed by atoms with Crippen molar-refractivity contribution in [3.63, 3.8) is 0 Å². The van der Waals surface area contributed by atoms with Crippen molar-refractivity contribution in [2.45, 2.75) is 37.9 Å². The first-order valence-corrected chi connectivity index (χ1v) is 11.5. The van der Waals surface area contributed by atoms with Crippen molar-refractivity contribution in [3.05, 3.63) is 47.9 Å². The fourth-order valence-corrected chi connectivity index (χ4v) is 4.03. The summed E-state index contributed by atoms with van der Waals surface area (Å²) in [4.78, 5) is 22.1. The zero-order valence-electron chi connectivity index (χ0n) is 16.6.